The highest BCUT2D eigenvalue weighted by Gasteiger charge is 2.27. The third-order valence-electron chi connectivity index (χ3n) is 4.70. The van der Waals surface area contributed by atoms with Gasteiger partial charge in [0.15, 0.2) is 0 Å². The van der Waals surface area contributed by atoms with E-state index in [1.54, 1.807) is 31.4 Å². The number of ether oxygens (including phenoxy) is 2. The Kier molecular flexibility index (Phi) is 4.72. The molecule has 0 N–H and O–H groups in total. The zero-order valence-corrected chi connectivity index (χ0v) is 15.8. The van der Waals surface area contributed by atoms with Crippen LogP contribution < -0.4 is 9.64 Å². The summed E-state index contributed by atoms with van der Waals surface area (Å²) in [5, 5.41) is 0.828. The maximum atomic E-state index is 13.4. The van der Waals surface area contributed by atoms with E-state index < -0.39 is 9.84 Å². The van der Waals surface area contributed by atoms with Crippen molar-refractivity contribution >= 4 is 26.4 Å². The fourth-order valence-electron chi connectivity index (χ4n) is 3.30. The van der Waals surface area contributed by atoms with Gasteiger partial charge in [-0.3, -0.25) is 4.98 Å². The molecule has 0 radical (unpaired) electrons. The lowest BCUT2D eigenvalue weighted by Crippen LogP contribution is -2.37. The Labute approximate surface area is 158 Å². The summed E-state index contributed by atoms with van der Waals surface area (Å²) >= 11 is 0. The van der Waals surface area contributed by atoms with Crippen LogP contribution in [0, 0.1) is 0 Å². The first-order valence-electron chi connectivity index (χ1n) is 8.71. The van der Waals surface area contributed by atoms with Crippen molar-refractivity contribution in [3.05, 3.63) is 54.7 Å². The van der Waals surface area contributed by atoms with E-state index in [0.29, 0.717) is 37.7 Å². The molecule has 1 fully saturated rings. The first-order chi connectivity index (χ1) is 13.1. The van der Waals surface area contributed by atoms with Gasteiger partial charge in [-0.05, 0) is 30.3 Å². The summed E-state index contributed by atoms with van der Waals surface area (Å²) in [6.07, 6.45) is 1.46. The molecule has 6 nitrogen and oxygen atoms in total. The molecule has 0 unspecified atom stereocenters. The first kappa shape index (κ1) is 17.8. The number of pyridine rings is 1. The van der Waals surface area contributed by atoms with Crippen molar-refractivity contribution in [2.24, 2.45) is 0 Å². The van der Waals surface area contributed by atoms with Crippen LogP contribution in [-0.4, -0.2) is 46.8 Å². The van der Waals surface area contributed by atoms with Gasteiger partial charge in [0.1, 0.15) is 10.6 Å². The first-order valence-corrected chi connectivity index (χ1v) is 10.2. The fraction of sp³-hybridized carbons (Fsp3) is 0.250. The number of benzene rings is 2. The monoisotopic (exact) mass is 384 g/mol. The Morgan fingerprint density at radius 1 is 1.04 bits per heavy atom. The number of methoxy groups -OCH3 is 1. The number of sulfone groups is 1. The van der Waals surface area contributed by atoms with Crippen molar-refractivity contribution in [3.8, 4) is 5.75 Å². The van der Waals surface area contributed by atoms with Crippen molar-refractivity contribution < 1.29 is 17.9 Å². The second-order valence-electron chi connectivity index (χ2n) is 6.27. The van der Waals surface area contributed by atoms with Gasteiger partial charge in [-0.2, -0.15) is 0 Å². The van der Waals surface area contributed by atoms with E-state index in [1.165, 1.54) is 6.20 Å². The molecule has 7 heteroatoms. The van der Waals surface area contributed by atoms with Gasteiger partial charge >= 0.3 is 0 Å². The number of anilines is 1. The Morgan fingerprint density at radius 2 is 1.74 bits per heavy atom. The molecule has 0 amide bonds. The molecular weight excluding hydrogens is 364 g/mol. The molecule has 0 saturated carbocycles. The molecule has 1 aromatic heterocycles. The molecule has 0 atom stereocenters. The van der Waals surface area contributed by atoms with Gasteiger partial charge in [0.25, 0.3) is 0 Å². The lowest BCUT2D eigenvalue weighted by atomic mass is 10.1. The summed E-state index contributed by atoms with van der Waals surface area (Å²) < 4.78 is 37.4. The molecule has 0 spiro atoms. The Morgan fingerprint density at radius 3 is 2.44 bits per heavy atom. The Balaban J connectivity index is 1.91. The van der Waals surface area contributed by atoms with Crippen LogP contribution in [-0.2, 0) is 14.6 Å². The van der Waals surface area contributed by atoms with Crippen LogP contribution in [0.4, 0.5) is 5.69 Å². The Hall–Kier alpha value is -2.64. The number of hydrogen-bond donors (Lipinski definition) is 0. The standard InChI is InChI=1S/C20H20N2O4S/c1-25-15-6-8-16(9-7-15)27(23,24)19-14-21-18-5-3-2-4-17(18)20(19)22-10-12-26-13-11-22/h2-9,14H,10-13H2,1H3. The summed E-state index contributed by atoms with van der Waals surface area (Å²) in [4.78, 5) is 6.91. The Bertz CT molecular complexity index is 1060. The van der Waals surface area contributed by atoms with E-state index in [9.17, 15) is 8.42 Å². The van der Waals surface area contributed by atoms with Crippen molar-refractivity contribution in [1.82, 2.24) is 4.98 Å². The number of morpholine rings is 1. The maximum absolute atomic E-state index is 13.4. The van der Waals surface area contributed by atoms with Crippen LogP contribution in [0.3, 0.4) is 0 Å². The second-order valence-corrected chi connectivity index (χ2v) is 8.18. The minimum Gasteiger partial charge on any atom is -0.497 e. The predicted molar refractivity (Wildman–Crippen MR) is 103 cm³/mol. The zero-order chi connectivity index (χ0) is 18.9. The van der Waals surface area contributed by atoms with Crippen LogP contribution in [0.1, 0.15) is 0 Å². The van der Waals surface area contributed by atoms with E-state index in [4.69, 9.17) is 9.47 Å². The molecule has 2 heterocycles. The van der Waals surface area contributed by atoms with Crippen LogP contribution in [0.15, 0.2) is 64.5 Å². The van der Waals surface area contributed by atoms with Gasteiger partial charge in [-0.1, -0.05) is 18.2 Å². The van der Waals surface area contributed by atoms with Crippen LogP contribution >= 0.6 is 0 Å². The molecule has 1 saturated heterocycles. The number of hydrogen-bond acceptors (Lipinski definition) is 6. The molecule has 0 bridgehead atoms. The highest BCUT2D eigenvalue weighted by atomic mass is 32.2. The van der Waals surface area contributed by atoms with Crippen LogP contribution in [0.5, 0.6) is 5.75 Å². The highest BCUT2D eigenvalue weighted by molar-refractivity contribution is 7.91. The SMILES string of the molecule is COc1ccc(S(=O)(=O)c2cnc3ccccc3c2N2CCOCC2)cc1. The summed E-state index contributed by atoms with van der Waals surface area (Å²) in [5.41, 5.74) is 1.47. The highest BCUT2D eigenvalue weighted by Crippen LogP contribution is 2.36. The molecule has 1 aliphatic heterocycles. The number of nitrogens with zero attached hydrogens (tertiary/aromatic N) is 2. The molecule has 4 rings (SSSR count). The average Bonchev–Trinajstić information content (AvgIpc) is 2.73. The number of aromatic nitrogens is 1. The number of para-hydroxylation sites is 1. The third-order valence-corrected chi connectivity index (χ3v) is 6.47. The van der Waals surface area contributed by atoms with Crippen LogP contribution in [0.2, 0.25) is 0 Å². The van der Waals surface area contributed by atoms with Gasteiger partial charge < -0.3 is 14.4 Å². The molecular formula is C20H20N2O4S. The van der Waals surface area contributed by atoms with Crippen molar-refractivity contribution in [2.75, 3.05) is 38.3 Å². The molecule has 3 aromatic rings. The minimum atomic E-state index is -3.74. The molecule has 0 aliphatic carbocycles. The molecule has 140 valence electrons. The van der Waals surface area contributed by atoms with E-state index in [-0.39, 0.29) is 9.79 Å². The predicted octanol–water partition coefficient (Wildman–Crippen LogP) is 2.91. The smallest absolute Gasteiger partial charge is 0.210 e. The van der Waals surface area contributed by atoms with E-state index in [1.807, 2.05) is 24.3 Å². The number of fused-ring (bicyclic) bond motifs is 1. The summed E-state index contributed by atoms with van der Waals surface area (Å²) in [6.45, 7) is 2.41. The lowest BCUT2D eigenvalue weighted by molar-refractivity contribution is 0.122. The van der Waals surface area contributed by atoms with Gasteiger partial charge in [0, 0.05) is 24.7 Å². The average molecular weight is 384 g/mol. The van der Waals surface area contributed by atoms with E-state index in [0.717, 1.165) is 10.9 Å². The van der Waals surface area contributed by atoms with Gasteiger partial charge in [0.05, 0.1) is 36.4 Å². The second kappa shape index (κ2) is 7.17. The van der Waals surface area contributed by atoms with Gasteiger partial charge in [-0.25, -0.2) is 8.42 Å². The maximum Gasteiger partial charge on any atom is 0.210 e. The zero-order valence-electron chi connectivity index (χ0n) is 15.0. The fourth-order valence-corrected chi connectivity index (χ4v) is 4.73. The van der Waals surface area contributed by atoms with Crippen molar-refractivity contribution in [1.29, 1.82) is 0 Å². The van der Waals surface area contributed by atoms with E-state index >= 15 is 0 Å². The van der Waals surface area contributed by atoms with Crippen molar-refractivity contribution in [3.63, 3.8) is 0 Å². The molecule has 2 aromatic carbocycles. The van der Waals surface area contributed by atoms with Gasteiger partial charge in [0.2, 0.25) is 9.84 Å². The summed E-state index contributed by atoms with van der Waals surface area (Å²) in [6, 6.07) is 14.0. The summed E-state index contributed by atoms with van der Waals surface area (Å²) in [5.74, 6) is 0.610. The molecule has 27 heavy (non-hydrogen) atoms. The number of rotatable bonds is 4. The quantitative estimate of drug-likeness (QED) is 0.689. The minimum absolute atomic E-state index is 0.216. The van der Waals surface area contributed by atoms with Crippen molar-refractivity contribution in [2.45, 2.75) is 9.79 Å². The van der Waals surface area contributed by atoms with Gasteiger partial charge in [-0.15, -0.1) is 0 Å². The van der Waals surface area contributed by atoms with Crippen LogP contribution in [0.25, 0.3) is 10.9 Å². The normalized spacial score (nSPS) is 15.1. The topological polar surface area (TPSA) is 68.7 Å². The van der Waals surface area contributed by atoms with E-state index in [2.05, 4.69) is 9.88 Å². The molecule has 1 aliphatic rings. The largest absolute Gasteiger partial charge is 0.497 e. The summed E-state index contributed by atoms with van der Waals surface area (Å²) in [7, 11) is -2.19. The third kappa shape index (κ3) is 3.24. The lowest BCUT2D eigenvalue weighted by Gasteiger charge is -2.31.